The van der Waals surface area contributed by atoms with Gasteiger partial charge in [0.05, 0.1) is 48.2 Å². The summed E-state index contributed by atoms with van der Waals surface area (Å²) in [4.78, 5) is 9.47. The molecule has 1 aliphatic rings. The van der Waals surface area contributed by atoms with Gasteiger partial charge in [-0.05, 0) is 45.7 Å². The largest absolute Gasteiger partial charge is 0.496 e. The molecule has 3 aromatic heterocycles. The number of aryl methyl sites for hydroxylation is 2. The zero-order valence-corrected chi connectivity index (χ0v) is 19.6. The van der Waals surface area contributed by atoms with Crippen molar-refractivity contribution in [2.75, 3.05) is 13.7 Å². The third-order valence-electron chi connectivity index (χ3n) is 6.01. The molecular formula is C23H25ClF2N4O3. The molecule has 1 atom stereocenters. The van der Waals surface area contributed by atoms with Crippen LogP contribution in [-0.2, 0) is 4.74 Å². The lowest BCUT2D eigenvalue weighted by molar-refractivity contribution is -0.135. The molecule has 1 fully saturated rings. The summed E-state index contributed by atoms with van der Waals surface area (Å²) < 4.78 is 43.2. The fourth-order valence-electron chi connectivity index (χ4n) is 4.42. The second-order valence-corrected chi connectivity index (χ2v) is 8.32. The molecule has 0 bridgehead atoms. The Hall–Kier alpha value is -2.78. The van der Waals surface area contributed by atoms with E-state index in [9.17, 15) is 8.78 Å². The highest BCUT2D eigenvalue weighted by molar-refractivity contribution is 6.05. The van der Waals surface area contributed by atoms with Crippen LogP contribution in [0.25, 0.3) is 33.1 Å². The molecule has 0 N–H and O–H groups in total. The Morgan fingerprint density at radius 3 is 2.58 bits per heavy atom. The second-order valence-electron chi connectivity index (χ2n) is 8.32. The fraction of sp³-hybridized carbons (Fsp3) is 0.435. The summed E-state index contributed by atoms with van der Waals surface area (Å²) in [6.07, 6.45) is 3.82. The van der Waals surface area contributed by atoms with Crippen LogP contribution in [0.5, 0.6) is 5.75 Å². The number of alkyl halides is 2. The number of fused-ring (bicyclic) bond motifs is 3. The second kappa shape index (κ2) is 8.87. The van der Waals surface area contributed by atoms with Crippen molar-refractivity contribution in [1.82, 2.24) is 19.7 Å². The Bertz CT molecular complexity index is 1300. The number of nitrogens with zero attached hydrogens (tertiary/aromatic N) is 4. The van der Waals surface area contributed by atoms with Crippen molar-refractivity contribution >= 4 is 34.3 Å². The molecule has 0 spiro atoms. The third kappa shape index (κ3) is 4.04. The summed E-state index contributed by atoms with van der Waals surface area (Å²) in [6, 6.07) is 3.57. The predicted molar refractivity (Wildman–Crippen MR) is 122 cm³/mol. The number of hydrogen-bond acceptors (Lipinski definition) is 6. The topological polar surface area (TPSA) is 75.2 Å². The number of halogens is 3. The number of hydrogen-bond donors (Lipinski definition) is 0. The standard InChI is InChI=1S/C23H24F2N4O3.ClH/c1-11(10-31-23(24)25)29-21-15-8-19(30-4)16(20-12(2)28-32-13(20)3)7-17(15)26-9-18(21)27-22(29)14-5-6-14;/h7-9,11,14,23H,5-6,10H2,1-4H3;1H/t11-;/m0./s1. The van der Waals surface area contributed by atoms with E-state index in [0.29, 0.717) is 17.4 Å². The summed E-state index contributed by atoms with van der Waals surface area (Å²) in [5.74, 6) is 2.57. The maximum Gasteiger partial charge on any atom is 0.345 e. The van der Waals surface area contributed by atoms with Crippen molar-refractivity contribution < 1.29 is 22.8 Å². The number of pyridine rings is 1. The molecule has 176 valence electrons. The highest BCUT2D eigenvalue weighted by Gasteiger charge is 2.32. The number of benzene rings is 1. The van der Waals surface area contributed by atoms with Crippen LogP contribution in [0.1, 0.15) is 49.0 Å². The minimum absolute atomic E-state index is 0. The molecule has 1 aliphatic carbocycles. The minimum Gasteiger partial charge on any atom is -0.496 e. The number of rotatable bonds is 7. The van der Waals surface area contributed by atoms with Gasteiger partial charge in [0.25, 0.3) is 0 Å². The molecule has 10 heteroatoms. The van der Waals surface area contributed by atoms with Crippen LogP contribution >= 0.6 is 12.4 Å². The number of aromatic nitrogens is 4. The van der Waals surface area contributed by atoms with E-state index in [2.05, 4.69) is 14.9 Å². The first-order valence-corrected chi connectivity index (χ1v) is 10.6. The van der Waals surface area contributed by atoms with E-state index in [1.54, 1.807) is 13.3 Å². The first kappa shape index (κ1) is 23.4. The molecule has 0 amide bonds. The van der Waals surface area contributed by atoms with Crippen LogP contribution in [0.15, 0.2) is 22.9 Å². The van der Waals surface area contributed by atoms with Crippen LogP contribution in [-0.4, -0.2) is 40.0 Å². The maximum atomic E-state index is 12.7. The average molecular weight is 479 g/mol. The summed E-state index contributed by atoms with van der Waals surface area (Å²) in [6.45, 7) is 2.69. The van der Waals surface area contributed by atoms with E-state index < -0.39 is 6.61 Å². The van der Waals surface area contributed by atoms with Gasteiger partial charge in [-0.25, -0.2) is 4.98 Å². The molecule has 0 aliphatic heterocycles. The van der Waals surface area contributed by atoms with Crippen molar-refractivity contribution in [3.05, 3.63) is 35.6 Å². The molecule has 4 aromatic rings. The highest BCUT2D eigenvalue weighted by atomic mass is 35.5. The zero-order chi connectivity index (χ0) is 22.6. The van der Waals surface area contributed by atoms with E-state index in [1.807, 2.05) is 37.5 Å². The number of methoxy groups -OCH3 is 1. The van der Waals surface area contributed by atoms with Crippen LogP contribution in [0.2, 0.25) is 0 Å². The Kier molecular flexibility index (Phi) is 6.28. The van der Waals surface area contributed by atoms with Gasteiger partial charge >= 0.3 is 6.61 Å². The molecule has 0 saturated heterocycles. The summed E-state index contributed by atoms with van der Waals surface area (Å²) in [7, 11) is 1.61. The van der Waals surface area contributed by atoms with E-state index in [1.165, 1.54) is 0 Å². The lowest BCUT2D eigenvalue weighted by Gasteiger charge is -2.19. The predicted octanol–water partition coefficient (Wildman–Crippen LogP) is 5.96. The van der Waals surface area contributed by atoms with Gasteiger partial charge in [-0.2, -0.15) is 8.78 Å². The Labute approximate surface area is 195 Å². The Morgan fingerprint density at radius 1 is 1.21 bits per heavy atom. The lowest BCUT2D eigenvalue weighted by Crippen LogP contribution is -2.16. The highest BCUT2D eigenvalue weighted by Crippen LogP contribution is 2.44. The zero-order valence-electron chi connectivity index (χ0n) is 18.8. The van der Waals surface area contributed by atoms with Crippen LogP contribution in [0.4, 0.5) is 8.78 Å². The van der Waals surface area contributed by atoms with Crippen LogP contribution in [0.3, 0.4) is 0 Å². The molecular weight excluding hydrogens is 454 g/mol. The van der Waals surface area contributed by atoms with Gasteiger partial charge < -0.3 is 18.6 Å². The van der Waals surface area contributed by atoms with Crippen molar-refractivity contribution in [2.24, 2.45) is 0 Å². The summed E-state index contributed by atoms with van der Waals surface area (Å²) in [5.41, 5.74) is 4.81. The fourth-order valence-corrected chi connectivity index (χ4v) is 4.42. The van der Waals surface area contributed by atoms with Crippen molar-refractivity contribution in [3.8, 4) is 16.9 Å². The summed E-state index contributed by atoms with van der Waals surface area (Å²) in [5, 5.41) is 4.90. The Morgan fingerprint density at radius 2 is 1.97 bits per heavy atom. The molecule has 0 unspecified atom stereocenters. The van der Waals surface area contributed by atoms with Gasteiger partial charge in [0.15, 0.2) is 0 Å². The van der Waals surface area contributed by atoms with Gasteiger partial charge in [-0.15, -0.1) is 12.4 Å². The SMILES string of the molecule is COc1cc2c(cc1-c1c(C)noc1C)ncc1nc(C3CC3)n([C@@H](C)COC(F)F)c12.Cl. The summed E-state index contributed by atoms with van der Waals surface area (Å²) >= 11 is 0. The van der Waals surface area contributed by atoms with E-state index in [0.717, 1.165) is 57.4 Å². The molecule has 3 heterocycles. The van der Waals surface area contributed by atoms with Crippen molar-refractivity contribution in [2.45, 2.75) is 52.2 Å². The van der Waals surface area contributed by atoms with Gasteiger partial charge in [-0.3, -0.25) is 4.98 Å². The average Bonchev–Trinajstić information content (AvgIpc) is 3.46. The molecule has 0 radical (unpaired) electrons. The Balaban J connectivity index is 0.00000259. The normalized spacial score (nSPS) is 14.8. The van der Waals surface area contributed by atoms with E-state index in [-0.39, 0.29) is 25.1 Å². The number of imidazole rings is 1. The first-order valence-electron chi connectivity index (χ1n) is 10.6. The first-order chi connectivity index (χ1) is 15.4. The van der Waals surface area contributed by atoms with E-state index >= 15 is 0 Å². The third-order valence-corrected chi connectivity index (χ3v) is 6.01. The van der Waals surface area contributed by atoms with Crippen molar-refractivity contribution in [1.29, 1.82) is 0 Å². The van der Waals surface area contributed by atoms with Crippen molar-refractivity contribution in [3.63, 3.8) is 0 Å². The maximum absolute atomic E-state index is 12.7. The smallest absolute Gasteiger partial charge is 0.345 e. The molecule has 7 nitrogen and oxygen atoms in total. The van der Waals surface area contributed by atoms with Gasteiger partial charge in [0, 0.05) is 16.9 Å². The molecule has 5 rings (SSSR count). The molecule has 1 saturated carbocycles. The van der Waals surface area contributed by atoms with Crippen LogP contribution < -0.4 is 4.74 Å². The molecule has 1 aromatic carbocycles. The number of ether oxygens (including phenoxy) is 2. The van der Waals surface area contributed by atoms with Crippen LogP contribution in [0, 0.1) is 13.8 Å². The van der Waals surface area contributed by atoms with Gasteiger partial charge in [0.1, 0.15) is 22.9 Å². The quantitative estimate of drug-likeness (QED) is 0.326. The minimum atomic E-state index is -2.81. The van der Waals surface area contributed by atoms with E-state index in [4.69, 9.17) is 14.2 Å². The van der Waals surface area contributed by atoms with Gasteiger partial charge in [0.2, 0.25) is 0 Å². The molecule has 33 heavy (non-hydrogen) atoms. The van der Waals surface area contributed by atoms with Gasteiger partial charge in [-0.1, -0.05) is 5.16 Å². The lowest BCUT2D eigenvalue weighted by atomic mass is 10.0. The monoisotopic (exact) mass is 478 g/mol.